The average molecular weight is 552 g/mol. The summed E-state index contributed by atoms with van der Waals surface area (Å²) in [6.07, 6.45) is 4.09. The maximum Gasteiger partial charge on any atom is 0.242 e. The minimum atomic E-state index is -4.35. The first-order chi connectivity index (χ1) is 18.5. The highest BCUT2D eigenvalue weighted by molar-refractivity contribution is 7.93. The Morgan fingerprint density at radius 2 is 1.90 bits per heavy atom. The molecule has 5 rings (SSSR count). The van der Waals surface area contributed by atoms with Crippen molar-refractivity contribution in [1.29, 1.82) is 0 Å². The smallest absolute Gasteiger partial charge is 0.242 e. The molecule has 0 spiro atoms. The second-order valence-electron chi connectivity index (χ2n) is 9.52. The fraction of sp³-hybridized carbons (Fsp3) is 0.214. The summed E-state index contributed by atoms with van der Waals surface area (Å²) in [5.74, 6) is -0.484. The molecule has 0 bridgehead atoms. The molecule has 1 aliphatic rings. The number of benzene rings is 2. The quantitative estimate of drug-likeness (QED) is 0.311. The van der Waals surface area contributed by atoms with E-state index in [4.69, 9.17) is 10.5 Å². The maximum absolute atomic E-state index is 15.0. The van der Waals surface area contributed by atoms with Crippen LogP contribution in [-0.4, -0.2) is 41.0 Å². The first kappa shape index (κ1) is 26.4. The normalized spacial score (nSPS) is 20.0. The van der Waals surface area contributed by atoms with Gasteiger partial charge in [0.2, 0.25) is 21.9 Å². The van der Waals surface area contributed by atoms with Crippen LogP contribution in [0.2, 0.25) is 0 Å². The van der Waals surface area contributed by atoms with Crippen molar-refractivity contribution in [3.05, 3.63) is 90.4 Å². The van der Waals surface area contributed by atoms with Gasteiger partial charge in [0.15, 0.2) is 5.67 Å². The van der Waals surface area contributed by atoms with E-state index >= 15 is 4.39 Å². The highest BCUT2D eigenvalue weighted by Gasteiger charge is 2.43. The number of alkyl halides is 1. The van der Waals surface area contributed by atoms with E-state index in [1.807, 2.05) is 60.0 Å². The molecule has 0 aliphatic heterocycles. The van der Waals surface area contributed by atoms with Crippen molar-refractivity contribution in [2.75, 3.05) is 17.6 Å². The van der Waals surface area contributed by atoms with Crippen LogP contribution in [-0.2, 0) is 10.0 Å². The number of pyridine rings is 1. The third kappa shape index (κ3) is 4.97. The largest absolute Gasteiger partial charge is 0.480 e. The number of methoxy groups -OCH3 is 1. The summed E-state index contributed by atoms with van der Waals surface area (Å²) in [4.78, 5) is 8.76. The average Bonchev–Trinajstić information content (AvgIpc) is 3.22. The van der Waals surface area contributed by atoms with Crippen molar-refractivity contribution in [3.8, 4) is 17.0 Å². The molecule has 4 aromatic rings. The fourth-order valence-corrected chi connectivity index (χ4v) is 6.36. The van der Waals surface area contributed by atoms with Gasteiger partial charge in [-0.05, 0) is 55.3 Å². The van der Waals surface area contributed by atoms with E-state index in [-0.39, 0.29) is 17.6 Å². The third-order valence-electron chi connectivity index (χ3n) is 6.76. The van der Waals surface area contributed by atoms with Crippen LogP contribution in [0.5, 0.6) is 5.88 Å². The standard InChI is InChI=1S/C28H27F2N5O3S/c1-17(18-7-5-4-6-8-18)35-24-14-19(9-11-22(24)33-27(35)31)20-13-23(26(38-3)32-16-20)34-39(36,37)25-12-10-21(29)15-28(25,2)30/h4-17,25,34H,1-3H3,(H2,31,33)/t17-,25?,28?/m0/s1. The fourth-order valence-electron chi connectivity index (χ4n) is 4.82. The predicted molar refractivity (Wildman–Crippen MR) is 148 cm³/mol. The lowest BCUT2D eigenvalue weighted by Crippen LogP contribution is -2.42. The molecule has 8 nitrogen and oxygen atoms in total. The number of nitrogens with one attached hydrogen (secondary N) is 1. The molecule has 2 aromatic heterocycles. The van der Waals surface area contributed by atoms with Crippen LogP contribution in [0.25, 0.3) is 22.2 Å². The number of ether oxygens (including phenoxy) is 1. The molecule has 0 saturated heterocycles. The SMILES string of the molecule is COc1ncc(-c2ccc3nc(N)n([C@@H](C)c4ccccc4)c3c2)cc1NS(=O)(=O)C1C=CC(F)=CC1(C)F. The lowest BCUT2D eigenvalue weighted by atomic mass is 9.99. The molecule has 39 heavy (non-hydrogen) atoms. The van der Waals surface area contributed by atoms with Crippen molar-refractivity contribution in [3.63, 3.8) is 0 Å². The summed E-state index contributed by atoms with van der Waals surface area (Å²) in [5, 5.41) is -1.66. The number of nitrogen functional groups attached to an aromatic ring is 1. The van der Waals surface area contributed by atoms with Crippen LogP contribution in [0, 0.1) is 0 Å². The predicted octanol–water partition coefficient (Wildman–Crippen LogP) is 5.56. The number of sulfonamides is 1. The number of hydrogen-bond donors (Lipinski definition) is 2. The minimum Gasteiger partial charge on any atom is -0.480 e. The van der Waals surface area contributed by atoms with Crippen molar-refractivity contribution < 1.29 is 21.9 Å². The zero-order chi connectivity index (χ0) is 27.9. The molecule has 2 unspecified atom stereocenters. The van der Waals surface area contributed by atoms with Gasteiger partial charge in [0.25, 0.3) is 0 Å². The first-order valence-corrected chi connectivity index (χ1v) is 13.7. The van der Waals surface area contributed by atoms with Crippen molar-refractivity contribution in [2.24, 2.45) is 0 Å². The van der Waals surface area contributed by atoms with E-state index in [9.17, 15) is 12.8 Å². The summed E-state index contributed by atoms with van der Waals surface area (Å²) in [6.45, 7) is 3.03. The van der Waals surface area contributed by atoms with E-state index in [0.29, 0.717) is 23.1 Å². The number of nitrogens with two attached hydrogens (primary N) is 1. The molecule has 202 valence electrons. The van der Waals surface area contributed by atoms with Crippen molar-refractivity contribution in [1.82, 2.24) is 14.5 Å². The van der Waals surface area contributed by atoms with E-state index in [0.717, 1.165) is 35.7 Å². The lowest BCUT2D eigenvalue weighted by molar-refractivity contribution is 0.256. The Morgan fingerprint density at radius 1 is 1.15 bits per heavy atom. The number of hydrogen-bond acceptors (Lipinski definition) is 6. The van der Waals surface area contributed by atoms with Gasteiger partial charge in [-0.1, -0.05) is 42.5 Å². The second kappa shape index (κ2) is 9.81. The van der Waals surface area contributed by atoms with Gasteiger partial charge in [-0.15, -0.1) is 0 Å². The van der Waals surface area contributed by atoms with Gasteiger partial charge in [0.1, 0.15) is 16.8 Å². The zero-order valence-electron chi connectivity index (χ0n) is 21.5. The molecule has 11 heteroatoms. The summed E-state index contributed by atoms with van der Waals surface area (Å²) in [5.41, 5.74) is 7.69. The van der Waals surface area contributed by atoms with Crippen LogP contribution in [0.3, 0.4) is 0 Å². The molecule has 2 aromatic carbocycles. The van der Waals surface area contributed by atoms with Gasteiger partial charge in [0, 0.05) is 11.8 Å². The molecule has 0 radical (unpaired) electrons. The number of aromatic nitrogens is 3. The van der Waals surface area contributed by atoms with Gasteiger partial charge in [-0.2, -0.15) is 0 Å². The topological polar surface area (TPSA) is 112 Å². The molecular formula is C28H27F2N5O3S. The monoisotopic (exact) mass is 551 g/mol. The molecule has 0 fully saturated rings. The van der Waals surface area contributed by atoms with Crippen LogP contribution in [0.15, 0.2) is 84.8 Å². The molecule has 2 heterocycles. The van der Waals surface area contributed by atoms with Gasteiger partial charge in [0.05, 0.1) is 24.2 Å². The summed E-state index contributed by atoms with van der Waals surface area (Å²) < 4.78 is 64.5. The van der Waals surface area contributed by atoms with Crippen molar-refractivity contribution >= 4 is 32.7 Å². The van der Waals surface area contributed by atoms with E-state index in [1.54, 1.807) is 12.3 Å². The molecule has 0 amide bonds. The Labute approximate surface area is 224 Å². The molecule has 0 saturated carbocycles. The zero-order valence-corrected chi connectivity index (χ0v) is 22.3. The van der Waals surface area contributed by atoms with E-state index < -0.39 is 26.8 Å². The summed E-state index contributed by atoms with van der Waals surface area (Å²) in [7, 11) is -3.01. The molecule has 3 atom stereocenters. The molecular weight excluding hydrogens is 524 g/mol. The number of fused-ring (bicyclic) bond motifs is 1. The number of nitrogens with zero attached hydrogens (tertiary/aromatic N) is 3. The highest BCUT2D eigenvalue weighted by atomic mass is 32.2. The second-order valence-corrected chi connectivity index (χ2v) is 11.3. The van der Waals surface area contributed by atoms with E-state index in [2.05, 4.69) is 14.7 Å². The summed E-state index contributed by atoms with van der Waals surface area (Å²) in [6, 6.07) is 16.9. The van der Waals surface area contributed by atoms with E-state index in [1.165, 1.54) is 7.11 Å². The Hall–Kier alpha value is -4.25. The van der Waals surface area contributed by atoms with Crippen LogP contribution in [0.1, 0.15) is 25.5 Å². The number of rotatable bonds is 7. The Morgan fingerprint density at radius 3 is 2.59 bits per heavy atom. The van der Waals surface area contributed by atoms with Crippen LogP contribution in [0.4, 0.5) is 20.4 Å². The number of halogens is 2. The van der Waals surface area contributed by atoms with Gasteiger partial charge >= 0.3 is 0 Å². The van der Waals surface area contributed by atoms with Crippen molar-refractivity contribution in [2.45, 2.75) is 30.8 Å². The molecule has 3 N–H and O–H groups in total. The first-order valence-electron chi connectivity index (χ1n) is 12.1. The Balaban J connectivity index is 1.54. The molecule has 1 aliphatic carbocycles. The number of anilines is 2. The third-order valence-corrected chi connectivity index (χ3v) is 8.55. The number of allylic oxidation sites excluding steroid dienone is 3. The number of imidazole rings is 1. The van der Waals surface area contributed by atoms with Crippen LogP contribution < -0.4 is 15.2 Å². The van der Waals surface area contributed by atoms with Gasteiger partial charge < -0.3 is 15.0 Å². The Kier molecular flexibility index (Phi) is 6.63. The van der Waals surface area contributed by atoms with Gasteiger partial charge in [-0.25, -0.2) is 27.2 Å². The lowest BCUT2D eigenvalue weighted by Gasteiger charge is -2.28. The Bertz CT molecular complexity index is 1720. The highest BCUT2D eigenvalue weighted by Crippen LogP contribution is 2.36. The maximum atomic E-state index is 15.0. The van der Waals surface area contributed by atoms with Crippen LogP contribution >= 0.6 is 0 Å². The minimum absolute atomic E-state index is 0.00235. The van der Waals surface area contributed by atoms with Gasteiger partial charge in [-0.3, -0.25) is 4.72 Å². The summed E-state index contributed by atoms with van der Waals surface area (Å²) >= 11 is 0.